The van der Waals surface area contributed by atoms with Crippen LogP contribution >= 0.6 is 0 Å². The highest BCUT2D eigenvalue weighted by Gasteiger charge is 2.70. The molecule has 5 aliphatic rings. The normalized spacial score (nSPS) is 54.9. The topological polar surface area (TPSA) is 37.3 Å². The molecule has 0 aromatic carbocycles. The maximum absolute atomic E-state index is 12.8. The molecule has 32 heavy (non-hydrogen) atoms. The van der Waals surface area contributed by atoms with Gasteiger partial charge in [-0.05, 0) is 121 Å². The molecule has 5 aliphatic carbocycles. The standard InChI is InChI=1S/C30H48O2/c1-19-24(32)20(31)17-22-27(19,5)10-9-21-28(22,6)14-16-30(8)23-18-25(2,3)11-12-26(23,4)13-15-29(21,30)7/h21-23,32H,9-18H2,1-8H3/t21-,22+,23+,26+,27+,28+,29+,30-/m0/s1. The Morgan fingerprint density at radius 2 is 1.34 bits per heavy atom. The fraction of sp³-hybridized carbons (Fsp3) is 0.900. The Balaban J connectivity index is 1.57. The zero-order valence-electron chi connectivity index (χ0n) is 22.2. The summed E-state index contributed by atoms with van der Waals surface area (Å²) in [6.07, 6.45) is 12.4. The second-order valence-corrected chi connectivity index (χ2v) is 15.1. The average molecular weight is 441 g/mol. The van der Waals surface area contributed by atoms with Gasteiger partial charge in [0.2, 0.25) is 0 Å². The third-order valence-electron chi connectivity index (χ3n) is 13.4. The van der Waals surface area contributed by atoms with Crippen LogP contribution in [-0.4, -0.2) is 10.9 Å². The van der Waals surface area contributed by atoms with Crippen LogP contribution < -0.4 is 0 Å². The molecule has 0 saturated heterocycles. The number of ketones is 1. The van der Waals surface area contributed by atoms with Gasteiger partial charge >= 0.3 is 0 Å². The Labute approximate surface area is 197 Å². The molecule has 2 nitrogen and oxygen atoms in total. The maximum Gasteiger partial charge on any atom is 0.197 e. The fourth-order valence-corrected chi connectivity index (χ4v) is 10.8. The van der Waals surface area contributed by atoms with E-state index in [9.17, 15) is 9.90 Å². The number of carbonyl (C=O) groups is 1. The summed E-state index contributed by atoms with van der Waals surface area (Å²) in [6.45, 7) is 19.9. The molecule has 0 aromatic heterocycles. The van der Waals surface area contributed by atoms with Gasteiger partial charge in [0.25, 0.3) is 0 Å². The van der Waals surface area contributed by atoms with Crippen molar-refractivity contribution in [3.63, 3.8) is 0 Å². The molecule has 4 saturated carbocycles. The lowest BCUT2D eigenvalue weighted by molar-refractivity contribution is -0.248. The molecular weight excluding hydrogens is 392 g/mol. The number of Topliss-reactive ketones (excluding diaryl/α,β-unsaturated/α-hetero) is 1. The number of carbonyl (C=O) groups excluding carboxylic acids is 1. The smallest absolute Gasteiger partial charge is 0.197 e. The van der Waals surface area contributed by atoms with E-state index < -0.39 is 0 Å². The summed E-state index contributed by atoms with van der Waals surface area (Å²) in [5, 5.41) is 10.5. The molecule has 0 spiro atoms. The monoisotopic (exact) mass is 440 g/mol. The van der Waals surface area contributed by atoms with Crippen LogP contribution in [0.5, 0.6) is 0 Å². The molecule has 0 bridgehead atoms. The number of aliphatic hydroxyl groups is 1. The van der Waals surface area contributed by atoms with Crippen molar-refractivity contribution < 1.29 is 9.90 Å². The molecule has 0 radical (unpaired) electrons. The van der Waals surface area contributed by atoms with Gasteiger partial charge in [0.15, 0.2) is 11.5 Å². The average Bonchev–Trinajstić information content (AvgIpc) is 2.72. The lowest BCUT2D eigenvalue weighted by Crippen LogP contribution is -2.67. The van der Waals surface area contributed by atoms with Crippen LogP contribution in [0.4, 0.5) is 0 Å². The molecular formula is C30H48O2. The predicted molar refractivity (Wildman–Crippen MR) is 131 cm³/mol. The molecule has 1 N–H and O–H groups in total. The number of hydrogen-bond donors (Lipinski definition) is 1. The van der Waals surface area contributed by atoms with Gasteiger partial charge in [0, 0.05) is 6.42 Å². The minimum atomic E-state index is -0.0244. The van der Waals surface area contributed by atoms with Crippen molar-refractivity contribution >= 4 is 5.78 Å². The molecule has 0 aliphatic heterocycles. The van der Waals surface area contributed by atoms with Crippen LogP contribution in [0.3, 0.4) is 0 Å². The number of fused-ring (bicyclic) bond motifs is 7. The van der Waals surface area contributed by atoms with Crippen LogP contribution in [0.15, 0.2) is 11.3 Å². The number of hydrogen-bond acceptors (Lipinski definition) is 2. The van der Waals surface area contributed by atoms with Crippen molar-refractivity contribution in [2.24, 2.45) is 50.2 Å². The fourth-order valence-electron chi connectivity index (χ4n) is 10.8. The van der Waals surface area contributed by atoms with E-state index in [-0.39, 0.29) is 22.4 Å². The lowest BCUT2D eigenvalue weighted by Gasteiger charge is -2.74. The Bertz CT molecular complexity index is 883. The quantitative estimate of drug-likeness (QED) is 0.411. The van der Waals surface area contributed by atoms with Gasteiger partial charge in [-0.3, -0.25) is 4.79 Å². The second-order valence-electron chi connectivity index (χ2n) is 15.1. The Hall–Kier alpha value is -0.790. The molecule has 180 valence electrons. The van der Waals surface area contributed by atoms with Crippen LogP contribution in [-0.2, 0) is 4.79 Å². The van der Waals surface area contributed by atoms with Crippen LogP contribution in [0, 0.1) is 50.2 Å². The van der Waals surface area contributed by atoms with E-state index in [0.717, 1.165) is 17.9 Å². The van der Waals surface area contributed by atoms with Crippen molar-refractivity contribution in [1.82, 2.24) is 0 Å². The molecule has 8 atom stereocenters. The summed E-state index contributed by atoms with van der Waals surface area (Å²) in [5.74, 6) is 1.94. The Kier molecular flexibility index (Phi) is 4.63. The third-order valence-corrected chi connectivity index (χ3v) is 13.4. The van der Waals surface area contributed by atoms with Crippen molar-refractivity contribution in [2.75, 3.05) is 0 Å². The third kappa shape index (κ3) is 2.62. The van der Waals surface area contributed by atoms with Crippen LogP contribution in [0.25, 0.3) is 0 Å². The summed E-state index contributed by atoms with van der Waals surface area (Å²) in [7, 11) is 0. The molecule has 0 heterocycles. The number of allylic oxidation sites excluding steroid dienone is 2. The predicted octanol–water partition coefficient (Wildman–Crippen LogP) is 8.26. The van der Waals surface area contributed by atoms with Gasteiger partial charge in [-0.15, -0.1) is 0 Å². The highest BCUT2D eigenvalue weighted by molar-refractivity contribution is 5.95. The van der Waals surface area contributed by atoms with Crippen LogP contribution in [0.2, 0.25) is 0 Å². The van der Waals surface area contributed by atoms with Crippen molar-refractivity contribution in [3.8, 4) is 0 Å². The summed E-state index contributed by atoms with van der Waals surface area (Å²) in [4.78, 5) is 12.8. The number of rotatable bonds is 0. The van der Waals surface area contributed by atoms with Gasteiger partial charge in [-0.25, -0.2) is 0 Å². The first kappa shape index (κ1) is 23.0. The summed E-state index contributed by atoms with van der Waals surface area (Å²) < 4.78 is 0. The van der Waals surface area contributed by atoms with E-state index in [0.29, 0.717) is 39.9 Å². The maximum atomic E-state index is 12.8. The highest BCUT2D eigenvalue weighted by Crippen LogP contribution is 2.78. The first-order valence-corrected chi connectivity index (χ1v) is 13.6. The van der Waals surface area contributed by atoms with Gasteiger partial charge in [0.05, 0.1) is 0 Å². The van der Waals surface area contributed by atoms with Crippen molar-refractivity contribution in [1.29, 1.82) is 0 Å². The molecule has 0 amide bonds. The van der Waals surface area contributed by atoms with Gasteiger partial charge in [-0.2, -0.15) is 0 Å². The van der Waals surface area contributed by atoms with Crippen molar-refractivity contribution in [2.45, 2.75) is 120 Å². The van der Waals surface area contributed by atoms with Crippen molar-refractivity contribution in [3.05, 3.63) is 11.3 Å². The zero-order chi connectivity index (χ0) is 23.5. The lowest BCUT2D eigenvalue weighted by atomic mass is 9.30. The summed E-state index contributed by atoms with van der Waals surface area (Å²) >= 11 is 0. The molecule has 5 rings (SSSR count). The second kappa shape index (κ2) is 6.45. The molecule has 0 unspecified atom stereocenters. The summed E-state index contributed by atoms with van der Waals surface area (Å²) in [6, 6.07) is 0. The van der Waals surface area contributed by atoms with Gasteiger partial charge < -0.3 is 5.11 Å². The van der Waals surface area contributed by atoms with E-state index in [1.54, 1.807) is 0 Å². The largest absolute Gasteiger partial charge is 0.504 e. The number of aliphatic hydroxyl groups excluding tert-OH is 1. The van der Waals surface area contributed by atoms with E-state index >= 15 is 0 Å². The van der Waals surface area contributed by atoms with E-state index in [2.05, 4.69) is 48.5 Å². The SMILES string of the molecule is CC1=C(O)C(=O)C[C@H]2[C@]3(C)CC[C@@]4(C)[C@@H]5CC(C)(C)CC[C@]5(C)CC[C@]4(C)[C@H]3CC[C@]12C. The van der Waals surface area contributed by atoms with Gasteiger partial charge in [-0.1, -0.05) is 48.5 Å². The Morgan fingerprint density at radius 1 is 0.750 bits per heavy atom. The summed E-state index contributed by atoms with van der Waals surface area (Å²) in [5.41, 5.74) is 2.85. The Morgan fingerprint density at radius 3 is 2.03 bits per heavy atom. The highest BCUT2D eigenvalue weighted by atomic mass is 16.3. The zero-order valence-corrected chi connectivity index (χ0v) is 22.2. The first-order chi connectivity index (χ1) is 14.6. The molecule has 4 fully saturated rings. The van der Waals surface area contributed by atoms with Crippen LogP contribution in [0.1, 0.15) is 120 Å². The minimum Gasteiger partial charge on any atom is -0.504 e. The minimum absolute atomic E-state index is 0.00409. The van der Waals surface area contributed by atoms with Gasteiger partial charge in [0.1, 0.15) is 0 Å². The first-order valence-electron chi connectivity index (χ1n) is 13.6. The van der Waals surface area contributed by atoms with E-state index in [4.69, 9.17) is 0 Å². The molecule has 2 heteroatoms. The molecule has 0 aromatic rings. The van der Waals surface area contributed by atoms with E-state index in [1.165, 1.54) is 51.4 Å². The van der Waals surface area contributed by atoms with E-state index in [1.807, 2.05) is 6.92 Å².